The summed E-state index contributed by atoms with van der Waals surface area (Å²) in [5.74, 6) is 3.65. The van der Waals surface area contributed by atoms with Crippen LogP contribution in [0.15, 0.2) is 23.8 Å². The van der Waals surface area contributed by atoms with Crippen molar-refractivity contribution in [1.82, 2.24) is 0 Å². The van der Waals surface area contributed by atoms with E-state index in [4.69, 9.17) is 10.8 Å². The molecule has 0 bridgehead atoms. The topological polar surface area (TPSA) is 9.23 Å². The lowest BCUT2D eigenvalue weighted by Crippen LogP contribution is -2.47. The minimum absolute atomic E-state index is 0.463. The molecule has 1 aliphatic carbocycles. The molecule has 0 saturated heterocycles. The molecule has 106 valence electrons. The Kier molecular flexibility index (Phi) is 5.23. The van der Waals surface area contributed by atoms with Crippen molar-refractivity contribution in [1.29, 1.82) is 0 Å². The average molecular weight is 276 g/mol. The largest absolute Gasteiger partial charge is 0.398 e. The van der Waals surface area contributed by atoms with Crippen LogP contribution < -0.4 is 0 Å². The maximum absolute atomic E-state index is 6.57. The lowest BCUT2D eigenvalue weighted by molar-refractivity contribution is 0.105. The molecule has 0 aromatic heterocycles. The predicted octanol–water partition coefficient (Wildman–Crippen LogP) is 4.92. The van der Waals surface area contributed by atoms with E-state index < -0.39 is 13.9 Å². The van der Waals surface area contributed by atoms with E-state index in [2.05, 4.69) is 46.4 Å². The second-order valence-electron chi connectivity index (χ2n) is 6.65. The van der Waals surface area contributed by atoms with E-state index in [0.29, 0.717) is 5.92 Å². The smallest absolute Gasteiger partial charge is 0.192 e. The van der Waals surface area contributed by atoms with Crippen LogP contribution >= 0.6 is 0 Å². The minimum Gasteiger partial charge on any atom is -0.398 e. The second-order valence-corrected chi connectivity index (χ2v) is 10.8. The molecule has 0 spiro atoms. The SMILES string of the molecule is C#CC1(O[Si](C)(C)CC=C)C[C@H](C)CCC1=C(C)C. The van der Waals surface area contributed by atoms with Gasteiger partial charge in [0.25, 0.3) is 0 Å². The van der Waals surface area contributed by atoms with E-state index in [1.165, 1.54) is 17.6 Å². The third kappa shape index (κ3) is 3.84. The van der Waals surface area contributed by atoms with Crippen molar-refractivity contribution in [3.63, 3.8) is 0 Å². The van der Waals surface area contributed by atoms with Crippen molar-refractivity contribution >= 4 is 8.32 Å². The molecule has 0 N–H and O–H groups in total. The molecule has 0 radical (unpaired) electrons. The fraction of sp³-hybridized carbons (Fsp3) is 0.647. The minimum atomic E-state index is -1.80. The monoisotopic (exact) mass is 276 g/mol. The maximum atomic E-state index is 6.57. The van der Waals surface area contributed by atoms with Crippen LogP contribution in [0.5, 0.6) is 0 Å². The molecule has 1 unspecified atom stereocenters. The third-order valence-corrected chi connectivity index (χ3v) is 6.11. The van der Waals surface area contributed by atoms with Gasteiger partial charge in [-0.2, -0.15) is 0 Å². The molecular formula is C17H28OSi. The lowest BCUT2D eigenvalue weighted by Gasteiger charge is -2.44. The van der Waals surface area contributed by atoms with Crippen molar-refractivity contribution in [2.24, 2.45) is 5.92 Å². The van der Waals surface area contributed by atoms with Gasteiger partial charge in [-0.1, -0.05) is 24.5 Å². The van der Waals surface area contributed by atoms with Gasteiger partial charge in [0.2, 0.25) is 0 Å². The molecule has 1 nitrogen and oxygen atoms in total. The first kappa shape index (κ1) is 16.3. The molecule has 0 aliphatic heterocycles. The number of rotatable bonds is 4. The van der Waals surface area contributed by atoms with Crippen LogP contribution in [0.25, 0.3) is 0 Å². The van der Waals surface area contributed by atoms with Crippen LogP contribution in [-0.2, 0) is 4.43 Å². The summed E-state index contributed by atoms with van der Waals surface area (Å²) in [4.78, 5) is 0. The van der Waals surface area contributed by atoms with Gasteiger partial charge in [-0.25, -0.2) is 0 Å². The molecule has 1 aliphatic rings. The Labute approximate surface area is 120 Å². The van der Waals surface area contributed by atoms with E-state index in [1.807, 2.05) is 6.08 Å². The summed E-state index contributed by atoms with van der Waals surface area (Å²) in [6.45, 7) is 14.9. The number of terminal acetylenes is 1. The Morgan fingerprint density at radius 3 is 2.68 bits per heavy atom. The highest BCUT2D eigenvalue weighted by Crippen LogP contribution is 2.42. The summed E-state index contributed by atoms with van der Waals surface area (Å²) in [6, 6.07) is 0.945. The van der Waals surface area contributed by atoms with Gasteiger partial charge in [-0.3, -0.25) is 0 Å². The second kappa shape index (κ2) is 6.11. The fourth-order valence-electron chi connectivity index (χ4n) is 3.10. The summed E-state index contributed by atoms with van der Waals surface area (Å²) in [6.07, 6.45) is 11.1. The highest BCUT2D eigenvalue weighted by atomic mass is 28.4. The van der Waals surface area contributed by atoms with Gasteiger partial charge >= 0.3 is 0 Å². The van der Waals surface area contributed by atoms with Gasteiger partial charge in [0, 0.05) is 0 Å². The standard InChI is InChI=1S/C17H28OSi/c1-8-12-19(6,7)18-17(9-2)13-15(5)10-11-16(17)14(3)4/h2,8,15H,1,10-13H2,3-7H3/t15-,17?/m1/s1. The predicted molar refractivity (Wildman–Crippen MR) is 86.5 cm³/mol. The molecule has 0 heterocycles. The maximum Gasteiger partial charge on any atom is 0.192 e. The first-order valence-corrected chi connectivity index (χ1v) is 10.3. The normalized spacial score (nSPS) is 27.8. The third-order valence-electron chi connectivity index (χ3n) is 3.93. The van der Waals surface area contributed by atoms with Crippen LogP contribution in [-0.4, -0.2) is 13.9 Å². The summed E-state index contributed by atoms with van der Waals surface area (Å²) in [5.41, 5.74) is 2.21. The van der Waals surface area contributed by atoms with E-state index in [1.54, 1.807) is 0 Å². The zero-order valence-electron chi connectivity index (χ0n) is 13.2. The quantitative estimate of drug-likeness (QED) is 0.402. The molecule has 0 aromatic carbocycles. The first-order valence-electron chi connectivity index (χ1n) is 7.22. The highest BCUT2D eigenvalue weighted by molar-refractivity contribution is 6.71. The highest BCUT2D eigenvalue weighted by Gasteiger charge is 2.43. The average Bonchev–Trinajstić information content (AvgIpc) is 2.27. The number of hydrogen-bond donors (Lipinski definition) is 0. The summed E-state index contributed by atoms with van der Waals surface area (Å²) >= 11 is 0. The molecule has 1 rings (SSSR count). The Balaban J connectivity index is 3.15. The summed E-state index contributed by atoms with van der Waals surface area (Å²) in [7, 11) is -1.80. The summed E-state index contributed by atoms with van der Waals surface area (Å²) < 4.78 is 6.57. The fourth-order valence-corrected chi connectivity index (χ4v) is 5.09. The molecule has 1 saturated carbocycles. The number of allylic oxidation sites excluding steroid dienone is 2. The zero-order chi connectivity index (χ0) is 14.7. The molecular weight excluding hydrogens is 248 g/mol. The van der Waals surface area contributed by atoms with Gasteiger partial charge in [0.1, 0.15) is 5.60 Å². The van der Waals surface area contributed by atoms with Gasteiger partial charge in [-0.15, -0.1) is 13.0 Å². The van der Waals surface area contributed by atoms with Gasteiger partial charge < -0.3 is 4.43 Å². The van der Waals surface area contributed by atoms with Crippen LogP contribution in [0.4, 0.5) is 0 Å². The van der Waals surface area contributed by atoms with Crippen molar-refractivity contribution in [2.45, 2.75) is 64.8 Å². The molecule has 0 amide bonds. The van der Waals surface area contributed by atoms with Gasteiger partial charge in [0.15, 0.2) is 8.32 Å². The molecule has 2 heteroatoms. The number of hydrogen-bond acceptors (Lipinski definition) is 1. The van der Waals surface area contributed by atoms with Crippen LogP contribution in [0.3, 0.4) is 0 Å². The van der Waals surface area contributed by atoms with Crippen LogP contribution in [0, 0.1) is 18.3 Å². The van der Waals surface area contributed by atoms with E-state index in [9.17, 15) is 0 Å². The Morgan fingerprint density at radius 1 is 1.58 bits per heavy atom. The molecule has 0 aromatic rings. The van der Waals surface area contributed by atoms with E-state index in [0.717, 1.165) is 18.9 Å². The van der Waals surface area contributed by atoms with Gasteiger partial charge in [-0.05, 0) is 63.7 Å². The van der Waals surface area contributed by atoms with Crippen molar-refractivity contribution < 1.29 is 4.43 Å². The van der Waals surface area contributed by atoms with Crippen molar-refractivity contribution in [3.05, 3.63) is 23.8 Å². The Hall–Kier alpha value is -0.783. The molecule has 19 heavy (non-hydrogen) atoms. The van der Waals surface area contributed by atoms with E-state index in [-0.39, 0.29) is 0 Å². The molecule has 1 fully saturated rings. The van der Waals surface area contributed by atoms with Crippen LogP contribution in [0.1, 0.15) is 40.0 Å². The first-order chi connectivity index (χ1) is 8.76. The summed E-state index contributed by atoms with van der Waals surface area (Å²) in [5, 5.41) is 0. The Bertz CT molecular complexity index is 409. The lowest BCUT2D eigenvalue weighted by atomic mass is 9.74. The van der Waals surface area contributed by atoms with Crippen LogP contribution in [0.2, 0.25) is 19.1 Å². The van der Waals surface area contributed by atoms with E-state index >= 15 is 0 Å². The molecule has 2 atom stereocenters. The van der Waals surface area contributed by atoms with Crippen molar-refractivity contribution in [3.8, 4) is 12.3 Å². The zero-order valence-corrected chi connectivity index (χ0v) is 14.2. The van der Waals surface area contributed by atoms with Gasteiger partial charge in [0.05, 0.1) is 0 Å². The Morgan fingerprint density at radius 2 is 2.21 bits per heavy atom. The van der Waals surface area contributed by atoms with Crippen molar-refractivity contribution in [2.75, 3.05) is 0 Å².